The zero-order valence-electron chi connectivity index (χ0n) is 12.6. The molecule has 1 fully saturated rings. The van der Waals surface area contributed by atoms with Crippen molar-refractivity contribution in [2.24, 2.45) is 0 Å². The van der Waals surface area contributed by atoms with Crippen molar-refractivity contribution in [3.8, 4) is 0 Å². The molecule has 2 heterocycles. The lowest BCUT2D eigenvalue weighted by Gasteiger charge is -2.25. The van der Waals surface area contributed by atoms with Crippen molar-refractivity contribution in [3.05, 3.63) is 18.3 Å². The van der Waals surface area contributed by atoms with Gasteiger partial charge in [-0.2, -0.15) is 4.31 Å². The molecule has 0 radical (unpaired) electrons. The number of H-pyrrole nitrogens is 1. The summed E-state index contributed by atoms with van der Waals surface area (Å²) in [5.41, 5.74) is 0. The Morgan fingerprint density at radius 3 is 2.64 bits per heavy atom. The Morgan fingerprint density at radius 2 is 2.00 bits per heavy atom. The number of nitrogens with zero attached hydrogens (tertiary/aromatic N) is 1. The van der Waals surface area contributed by atoms with E-state index in [4.69, 9.17) is 9.84 Å². The Morgan fingerprint density at radius 1 is 1.23 bits per heavy atom. The third kappa shape index (κ3) is 4.64. The molecule has 3 N–H and O–H groups in total. The van der Waals surface area contributed by atoms with Crippen LogP contribution in [0.1, 0.15) is 19.3 Å². The SMILES string of the molecule is O=S(=O)(c1ccc(NCCOCCO)[nH+]c1)N1CCCCC1. The van der Waals surface area contributed by atoms with Crippen molar-refractivity contribution in [2.45, 2.75) is 24.2 Å². The van der Waals surface area contributed by atoms with Crippen molar-refractivity contribution in [2.75, 3.05) is 44.8 Å². The molecule has 22 heavy (non-hydrogen) atoms. The van der Waals surface area contributed by atoms with Crippen LogP contribution in [0.5, 0.6) is 0 Å². The second kappa shape index (κ2) is 8.42. The number of aliphatic hydroxyl groups is 1. The number of ether oxygens (including phenoxy) is 1. The van der Waals surface area contributed by atoms with Crippen LogP contribution in [0.15, 0.2) is 23.2 Å². The van der Waals surface area contributed by atoms with E-state index in [1.165, 1.54) is 6.20 Å². The predicted molar refractivity (Wildman–Crippen MR) is 82.0 cm³/mol. The zero-order chi connectivity index (χ0) is 15.8. The summed E-state index contributed by atoms with van der Waals surface area (Å²) in [6.07, 6.45) is 4.47. The van der Waals surface area contributed by atoms with Crippen LogP contribution < -0.4 is 10.3 Å². The number of hydrogen-bond donors (Lipinski definition) is 2. The summed E-state index contributed by atoms with van der Waals surface area (Å²) >= 11 is 0. The highest BCUT2D eigenvalue weighted by Gasteiger charge is 2.26. The van der Waals surface area contributed by atoms with Crippen LogP contribution in [-0.2, 0) is 14.8 Å². The van der Waals surface area contributed by atoms with Crippen molar-refractivity contribution >= 4 is 15.8 Å². The average Bonchev–Trinajstić information content (AvgIpc) is 2.56. The number of nitrogens with one attached hydrogen (secondary N) is 2. The van der Waals surface area contributed by atoms with Gasteiger partial charge in [0.15, 0.2) is 0 Å². The van der Waals surface area contributed by atoms with Crippen LogP contribution in [-0.4, -0.2) is 57.3 Å². The molecule has 0 aliphatic carbocycles. The molecule has 0 spiro atoms. The third-order valence-electron chi connectivity index (χ3n) is 3.53. The Hall–Kier alpha value is -1.22. The fourth-order valence-corrected chi connectivity index (χ4v) is 3.84. The van der Waals surface area contributed by atoms with E-state index in [9.17, 15) is 8.42 Å². The second-order valence-electron chi connectivity index (χ2n) is 5.17. The molecule has 0 atom stereocenters. The van der Waals surface area contributed by atoms with E-state index in [1.807, 2.05) is 0 Å². The summed E-state index contributed by atoms with van der Waals surface area (Å²) in [7, 11) is -3.39. The summed E-state index contributed by atoms with van der Waals surface area (Å²) in [6, 6.07) is 3.32. The highest BCUT2D eigenvalue weighted by atomic mass is 32.2. The van der Waals surface area contributed by atoms with E-state index in [1.54, 1.807) is 16.4 Å². The molecule has 0 amide bonds. The number of sulfonamides is 1. The van der Waals surface area contributed by atoms with Gasteiger partial charge in [0.25, 0.3) is 5.82 Å². The summed E-state index contributed by atoms with van der Waals surface area (Å²) < 4.78 is 31.6. The zero-order valence-corrected chi connectivity index (χ0v) is 13.4. The molecular weight excluding hydrogens is 306 g/mol. The van der Waals surface area contributed by atoms with Crippen molar-refractivity contribution < 1.29 is 23.2 Å². The number of piperidine rings is 1. The quantitative estimate of drug-likeness (QED) is 0.659. The van der Waals surface area contributed by atoms with Crippen LogP contribution in [0, 0.1) is 0 Å². The lowest BCUT2D eigenvalue weighted by atomic mass is 10.2. The molecule has 0 aromatic carbocycles. The maximum absolute atomic E-state index is 12.5. The molecular formula is C14H24N3O4S+. The van der Waals surface area contributed by atoms with Gasteiger partial charge in [-0.3, -0.25) is 5.32 Å². The van der Waals surface area contributed by atoms with E-state index >= 15 is 0 Å². The standard InChI is InChI=1S/C14H23N3O4S/c18-9-11-21-10-6-15-14-5-4-13(12-16-14)22(19,20)17-7-2-1-3-8-17/h4-5,12,18H,1-3,6-11H2,(H,15,16)/p+1. The number of anilines is 1. The fourth-order valence-electron chi connectivity index (χ4n) is 2.36. The first-order chi connectivity index (χ1) is 10.6. The Labute approximate surface area is 131 Å². The minimum Gasteiger partial charge on any atom is -0.394 e. The van der Waals surface area contributed by atoms with Gasteiger partial charge >= 0.3 is 0 Å². The molecule has 2 rings (SSSR count). The minimum atomic E-state index is -3.39. The van der Waals surface area contributed by atoms with Crippen LogP contribution in [0.4, 0.5) is 5.82 Å². The van der Waals surface area contributed by atoms with Gasteiger partial charge < -0.3 is 9.84 Å². The number of aromatic nitrogens is 1. The van der Waals surface area contributed by atoms with Gasteiger partial charge in [-0.25, -0.2) is 13.4 Å². The Kier molecular flexibility index (Phi) is 6.56. The molecule has 1 aromatic heterocycles. The highest BCUT2D eigenvalue weighted by molar-refractivity contribution is 7.89. The summed E-state index contributed by atoms with van der Waals surface area (Å²) in [4.78, 5) is 3.24. The van der Waals surface area contributed by atoms with E-state index in [0.29, 0.717) is 32.8 Å². The van der Waals surface area contributed by atoms with E-state index in [0.717, 1.165) is 25.1 Å². The first-order valence-electron chi connectivity index (χ1n) is 7.59. The summed E-state index contributed by atoms with van der Waals surface area (Å²) in [6.45, 7) is 2.58. The lowest BCUT2D eigenvalue weighted by Crippen LogP contribution is -2.36. The maximum Gasteiger partial charge on any atom is 0.272 e. The monoisotopic (exact) mass is 330 g/mol. The maximum atomic E-state index is 12.5. The summed E-state index contributed by atoms with van der Waals surface area (Å²) in [5.74, 6) is 0.727. The van der Waals surface area contributed by atoms with E-state index in [-0.39, 0.29) is 11.5 Å². The van der Waals surface area contributed by atoms with Gasteiger partial charge in [0.1, 0.15) is 17.6 Å². The molecule has 7 nitrogen and oxygen atoms in total. The topological polar surface area (TPSA) is 93.0 Å². The van der Waals surface area contributed by atoms with Crippen LogP contribution in [0.2, 0.25) is 0 Å². The molecule has 1 aromatic rings. The average molecular weight is 330 g/mol. The van der Waals surface area contributed by atoms with Crippen LogP contribution in [0.25, 0.3) is 0 Å². The molecule has 124 valence electrons. The fraction of sp³-hybridized carbons (Fsp3) is 0.643. The molecule has 1 aliphatic rings. The Bertz CT molecular complexity index is 542. The molecule has 0 saturated carbocycles. The molecule has 1 saturated heterocycles. The van der Waals surface area contributed by atoms with Crippen LogP contribution in [0.3, 0.4) is 0 Å². The van der Waals surface area contributed by atoms with Crippen LogP contribution >= 0.6 is 0 Å². The number of aliphatic hydroxyl groups excluding tert-OH is 1. The normalized spacial score (nSPS) is 16.6. The van der Waals surface area contributed by atoms with E-state index in [2.05, 4.69) is 10.3 Å². The minimum absolute atomic E-state index is 0.00911. The molecule has 0 bridgehead atoms. The van der Waals surface area contributed by atoms with Crippen molar-refractivity contribution in [1.29, 1.82) is 0 Å². The third-order valence-corrected chi connectivity index (χ3v) is 5.43. The van der Waals surface area contributed by atoms with Gasteiger partial charge in [-0.15, -0.1) is 0 Å². The van der Waals surface area contributed by atoms with Gasteiger partial charge in [0, 0.05) is 19.2 Å². The molecule has 0 unspecified atom stereocenters. The van der Waals surface area contributed by atoms with E-state index < -0.39 is 10.0 Å². The Balaban J connectivity index is 1.90. The molecule has 1 aliphatic heterocycles. The second-order valence-corrected chi connectivity index (χ2v) is 7.10. The van der Waals surface area contributed by atoms with Gasteiger partial charge in [0.2, 0.25) is 10.0 Å². The first-order valence-corrected chi connectivity index (χ1v) is 9.03. The van der Waals surface area contributed by atoms with Crippen molar-refractivity contribution in [3.63, 3.8) is 0 Å². The smallest absolute Gasteiger partial charge is 0.272 e. The van der Waals surface area contributed by atoms with Gasteiger partial charge in [-0.05, 0) is 18.9 Å². The number of pyridine rings is 1. The predicted octanol–water partition coefficient (Wildman–Crippen LogP) is 0.0961. The largest absolute Gasteiger partial charge is 0.394 e. The number of aromatic amines is 1. The first kappa shape index (κ1) is 17.1. The van der Waals surface area contributed by atoms with Gasteiger partial charge in [0.05, 0.1) is 19.8 Å². The molecule has 8 heteroatoms. The highest BCUT2D eigenvalue weighted by Crippen LogP contribution is 2.19. The van der Waals surface area contributed by atoms with Crippen molar-refractivity contribution in [1.82, 2.24) is 4.31 Å². The lowest BCUT2D eigenvalue weighted by molar-refractivity contribution is -0.364. The van der Waals surface area contributed by atoms with Gasteiger partial charge in [-0.1, -0.05) is 6.42 Å². The summed E-state index contributed by atoms with van der Waals surface area (Å²) in [5, 5.41) is 11.7. The number of rotatable bonds is 8. The number of hydrogen-bond acceptors (Lipinski definition) is 5.